The van der Waals surface area contributed by atoms with Gasteiger partial charge in [-0.05, 0) is 25.3 Å². The molecule has 5 nitrogen and oxygen atoms in total. The topological polar surface area (TPSA) is 58.4 Å². The highest BCUT2D eigenvalue weighted by Crippen LogP contribution is 2.32. The van der Waals surface area contributed by atoms with Crippen molar-refractivity contribution in [2.45, 2.75) is 39.7 Å². The Kier molecular flexibility index (Phi) is 3.43. The summed E-state index contributed by atoms with van der Waals surface area (Å²) in [5, 5.41) is 3.14. The average molecular weight is 251 g/mol. The quantitative estimate of drug-likeness (QED) is 0.869. The molecule has 5 heteroatoms. The first-order valence-corrected chi connectivity index (χ1v) is 6.36. The van der Waals surface area contributed by atoms with Crippen LogP contribution in [0.2, 0.25) is 0 Å². The Morgan fingerprint density at radius 2 is 2.28 bits per heavy atom. The van der Waals surface area contributed by atoms with E-state index in [0.29, 0.717) is 18.3 Å². The van der Waals surface area contributed by atoms with Crippen molar-refractivity contribution in [3.05, 3.63) is 12.2 Å². The smallest absolute Gasteiger partial charge is 0.245 e. The molecule has 1 fully saturated rings. The third-order valence-corrected chi connectivity index (χ3v) is 3.67. The van der Waals surface area contributed by atoms with Gasteiger partial charge in [0.05, 0.1) is 6.04 Å². The molecule has 1 aromatic heterocycles. The van der Waals surface area contributed by atoms with Crippen molar-refractivity contribution in [2.24, 2.45) is 5.41 Å². The highest BCUT2D eigenvalue weighted by atomic mass is 16.3. The fourth-order valence-corrected chi connectivity index (χ4v) is 2.66. The van der Waals surface area contributed by atoms with Crippen LogP contribution in [0.15, 0.2) is 10.7 Å². The first kappa shape index (κ1) is 13.1. The molecular formula is C13H21N3O2. The fourth-order valence-electron chi connectivity index (χ4n) is 2.66. The van der Waals surface area contributed by atoms with Crippen LogP contribution in [0.25, 0.3) is 0 Å². The lowest BCUT2D eigenvalue weighted by atomic mass is 9.80. The molecule has 0 saturated carbocycles. The zero-order valence-corrected chi connectivity index (χ0v) is 11.5. The standard InChI is InChI=1S/C13H21N3O2/c1-9-15-10(8-18-9)16-7-5-6-13(2,3)11(14-4)12(16)17/h8,11,14H,5-7H2,1-4H3. The zero-order valence-electron chi connectivity index (χ0n) is 11.5. The molecule has 100 valence electrons. The predicted molar refractivity (Wildman–Crippen MR) is 69.5 cm³/mol. The highest BCUT2D eigenvalue weighted by Gasteiger charge is 2.39. The van der Waals surface area contributed by atoms with Gasteiger partial charge in [-0.3, -0.25) is 9.69 Å². The summed E-state index contributed by atoms with van der Waals surface area (Å²) in [7, 11) is 1.84. The number of amides is 1. The molecule has 1 unspecified atom stereocenters. The Morgan fingerprint density at radius 1 is 1.56 bits per heavy atom. The number of aryl methyl sites for hydroxylation is 1. The lowest BCUT2D eigenvalue weighted by Gasteiger charge is -2.32. The summed E-state index contributed by atoms with van der Waals surface area (Å²) in [6, 6.07) is -0.183. The van der Waals surface area contributed by atoms with Crippen molar-refractivity contribution in [3.8, 4) is 0 Å². The van der Waals surface area contributed by atoms with Gasteiger partial charge in [0.15, 0.2) is 11.7 Å². The summed E-state index contributed by atoms with van der Waals surface area (Å²) >= 11 is 0. The second-order valence-electron chi connectivity index (χ2n) is 5.53. The lowest BCUT2D eigenvalue weighted by Crippen LogP contribution is -2.51. The molecule has 1 aliphatic heterocycles. The van der Waals surface area contributed by atoms with Crippen molar-refractivity contribution >= 4 is 11.7 Å². The van der Waals surface area contributed by atoms with Crippen LogP contribution >= 0.6 is 0 Å². The van der Waals surface area contributed by atoms with E-state index in [1.165, 1.54) is 0 Å². The van der Waals surface area contributed by atoms with Gasteiger partial charge in [0.2, 0.25) is 5.91 Å². The first-order chi connectivity index (χ1) is 8.45. The van der Waals surface area contributed by atoms with Gasteiger partial charge in [0.25, 0.3) is 0 Å². The SMILES string of the molecule is CNC1C(=O)N(c2coc(C)n2)CCCC1(C)C. The van der Waals surface area contributed by atoms with Gasteiger partial charge < -0.3 is 9.73 Å². The Balaban J connectivity index is 2.30. The maximum Gasteiger partial charge on any atom is 0.245 e. The van der Waals surface area contributed by atoms with Gasteiger partial charge in [0, 0.05) is 13.5 Å². The van der Waals surface area contributed by atoms with E-state index in [1.807, 2.05) is 7.05 Å². The summed E-state index contributed by atoms with van der Waals surface area (Å²) in [4.78, 5) is 18.6. The Morgan fingerprint density at radius 3 is 2.83 bits per heavy atom. The number of nitrogens with zero attached hydrogens (tertiary/aromatic N) is 2. The van der Waals surface area contributed by atoms with Gasteiger partial charge in [-0.15, -0.1) is 0 Å². The van der Waals surface area contributed by atoms with Crippen molar-refractivity contribution in [2.75, 3.05) is 18.5 Å². The third-order valence-electron chi connectivity index (χ3n) is 3.67. The summed E-state index contributed by atoms with van der Waals surface area (Å²) in [6.45, 7) is 6.74. The Labute approximate surface area is 108 Å². The molecule has 1 amide bonds. The average Bonchev–Trinajstić information content (AvgIpc) is 2.66. The van der Waals surface area contributed by atoms with Crippen molar-refractivity contribution in [3.63, 3.8) is 0 Å². The molecule has 1 aromatic rings. The highest BCUT2D eigenvalue weighted by molar-refractivity contribution is 5.97. The van der Waals surface area contributed by atoms with E-state index in [4.69, 9.17) is 4.42 Å². The monoisotopic (exact) mass is 251 g/mol. The van der Waals surface area contributed by atoms with Crippen LogP contribution in [0.4, 0.5) is 5.82 Å². The maximum absolute atomic E-state index is 12.6. The number of carbonyl (C=O) groups is 1. The summed E-state index contributed by atoms with van der Waals surface area (Å²) in [6.07, 6.45) is 3.54. The minimum Gasteiger partial charge on any atom is -0.447 e. The summed E-state index contributed by atoms with van der Waals surface area (Å²) in [5.74, 6) is 1.28. The van der Waals surface area contributed by atoms with Gasteiger partial charge in [-0.1, -0.05) is 13.8 Å². The molecule has 18 heavy (non-hydrogen) atoms. The van der Waals surface area contributed by atoms with E-state index in [9.17, 15) is 4.79 Å². The zero-order chi connectivity index (χ0) is 13.3. The molecule has 1 aliphatic rings. The first-order valence-electron chi connectivity index (χ1n) is 6.36. The van der Waals surface area contributed by atoms with Gasteiger partial charge in [-0.25, -0.2) is 0 Å². The van der Waals surface area contributed by atoms with Crippen LogP contribution in [0.5, 0.6) is 0 Å². The van der Waals surface area contributed by atoms with Crippen molar-refractivity contribution in [1.29, 1.82) is 0 Å². The number of oxazole rings is 1. The number of hydrogen-bond acceptors (Lipinski definition) is 4. The molecule has 0 radical (unpaired) electrons. The van der Waals surface area contributed by atoms with Crippen LogP contribution in [0.3, 0.4) is 0 Å². The maximum atomic E-state index is 12.6. The van der Waals surface area contributed by atoms with Crippen LogP contribution in [0.1, 0.15) is 32.6 Å². The second-order valence-corrected chi connectivity index (χ2v) is 5.53. The fraction of sp³-hybridized carbons (Fsp3) is 0.692. The lowest BCUT2D eigenvalue weighted by molar-refractivity contribution is -0.122. The Hall–Kier alpha value is -1.36. The van der Waals surface area contributed by atoms with E-state index >= 15 is 0 Å². The molecule has 1 atom stereocenters. The minimum absolute atomic E-state index is 0.0423. The third kappa shape index (κ3) is 2.27. The molecule has 1 saturated heterocycles. The Bertz CT molecular complexity index is 439. The minimum atomic E-state index is -0.183. The summed E-state index contributed by atoms with van der Waals surface area (Å²) in [5.41, 5.74) is -0.0423. The number of anilines is 1. The molecule has 0 aromatic carbocycles. The van der Waals surface area contributed by atoms with Gasteiger partial charge in [0.1, 0.15) is 6.26 Å². The van der Waals surface area contributed by atoms with Crippen molar-refractivity contribution < 1.29 is 9.21 Å². The van der Waals surface area contributed by atoms with Crippen LogP contribution < -0.4 is 10.2 Å². The van der Waals surface area contributed by atoms with E-state index in [1.54, 1.807) is 18.1 Å². The number of aromatic nitrogens is 1. The number of likely N-dealkylation sites (N-methyl/N-ethyl adjacent to an activating group) is 1. The van der Waals surface area contributed by atoms with Gasteiger partial charge in [-0.2, -0.15) is 4.98 Å². The number of nitrogens with one attached hydrogen (secondary N) is 1. The number of carbonyl (C=O) groups excluding carboxylic acids is 1. The normalized spacial score (nSPS) is 24.1. The van der Waals surface area contributed by atoms with Gasteiger partial charge >= 0.3 is 0 Å². The molecule has 0 bridgehead atoms. The second kappa shape index (κ2) is 4.72. The van der Waals surface area contributed by atoms with E-state index in [2.05, 4.69) is 24.1 Å². The molecule has 0 aliphatic carbocycles. The number of rotatable bonds is 2. The van der Waals surface area contributed by atoms with Crippen LogP contribution in [-0.2, 0) is 4.79 Å². The van der Waals surface area contributed by atoms with E-state index in [0.717, 1.165) is 12.8 Å². The van der Waals surface area contributed by atoms with E-state index < -0.39 is 0 Å². The van der Waals surface area contributed by atoms with Crippen molar-refractivity contribution in [1.82, 2.24) is 10.3 Å². The van der Waals surface area contributed by atoms with Crippen LogP contribution in [-0.4, -0.2) is 30.5 Å². The van der Waals surface area contributed by atoms with E-state index in [-0.39, 0.29) is 17.4 Å². The summed E-state index contributed by atoms with van der Waals surface area (Å²) < 4.78 is 5.20. The molecule has 2 rings (SSSR count). The molecule has 2 heterocycles. The molecule has 1 N–H and O–H groups in total. The molecular weight excluding hydrogens is 230 g/mol. The largest absolute Gasteiger partial charge is 0.447 e. The number of hydrogen-bond donors (Lipinski definition) is 1. The predicted octanol–water partition coefficient (Wildman–Crippen LogP) is 1.72. The molecule has 0 spiro atoms. The van der Waals surface area contributed by atoms with Crippen LogP contribution in [0, 0.1) is 12.3 Å².